The third-order valence-electron chi connectivity index (χ3n) is 2.79. The van der Waals surface area contributed by atoms with E-state index in [-0.39, 0.29) is 36.7 Å². The molecule has 1 aromatic rings. The van der Waals surface area contributed by atoms with Crippen molar-refractivity contribution in [2.24, 2.45) is 0 Å². The molecule has 3 nitrogen and oxygen atoms in total. The molecule has 1 heterocycles. The van der Waals surface area contributed by atoms with Crippen molar-refractivity contribution in [3.8, 4) is 0 Å². The van der Waals surface area contributed by atoms with Crippen molar-refractivity contribution in [3.63, 3.8) is 0 Å². The predicted octanol–water partition coefficient (Wildman–Crippen LogP) is 1.62. The molecular weight excluding hydrogens is 243 g/mol. The molecule has 0 saturated carbocycles. The Morgan fingerprint density at radius 2 is 2.24 bits per heavy atom. The first-order valence-electron chi connectivity index (χ1n) is 5.52. The minimum atomic E-state index is -0.276. The van der Waals surface area contributed by atoms with Gasteiger partial charge in [-0.1, -0.05) is 18.2 Å². The molecule has 0 unspecified atom stereocenters. The van der Waals surface area contributed by atoms with Gasteiger partial charge in [0, 0.05) is 12.1 Å². The van der Waals surface area contributed by atoms with E-state index in [1.54, 1.807) is 18.2 Å². The van der Waals surface area contributed by atoms with Crippen molar-refractivity contribution in [3.05, 3.63) is 35.6 Å². The zero-order valence-corrected chi connectivity index (χ0v) is 10.2. The van der Waals surface area contributed by atoms with Gasteiger partial charge in [-0.05, 0) is 25.5 Å². The van der Waals surface area contributed by atoms with E-state index in [2.05, 4.69) is 10.6 Å². The number of nitrogens with one attached hydrogen (secondary N) is 2. The molecule has 1 fully saturated rings. The molecule has 0 aliphatic carbocycles. The van der Waals surface area contributed by atoms with E-state index in [1.165, 1.54) is 6.07 Å². The molecule has 0 spiro atoms. The number of rotatable bonds is 3. The summed E-state index contributed by atoms with van der Waals surface area (Å²) >= 11 is 0. The average Bonchev–Trinajstić information content (AvgIpc) is 2.81. The molecule has 17 heavy (non-hydrogen) atoms. The minimum Gasteiger partial charge on any atom is -0.351 e. The molecule has 0 bridgehead atoms. The molecule has 0 radical (unpaired) electrons. The topological polar surface area (TPSA) is 41.1 Å². The fourth-order valence-electron chi connectivity index (χ4n) is 1.86. The Morgan fingerprint density at radius 1 is 1.47 bits per heavy atom. The van der Waals surface area contributed by atoms with Crippen LogP contribution in [0.1, 0.15) is 18.4 Å². The smallest absolute Gasteiger partial charge is 0.237 e. The fourth-order valence-corrected chi connectivity index (χ4v) is 1.86. The molecule has 0 aromatic heterocycles. The van der Waals surface area contributed by atoms with Crippen LogP contribution in [0, 0.1) is 5.82 Å². The van der Waals surface area contributed by atoms with Gasteiger partial charge in [-0.25, -0.2) is 4.39 Å². The zero-order valence-electron chi connectivity index (χ0n) is 9.41. The van der Waals surface area contributed by atoms with Gasteiger partial charge < -0.3 is 10.6 Å². The van der Waals surface area contributed by atoms with Gasteiger partial charge >= 0.3 is 0 Å². The van der Waals surface area contributed by atoms with Crippen LogP contribution in [0.5, 0.6) is 0 Å². The second-order valence-corrected chi connectivity index (χ2v) is 3.96. The first-order valence-corrected chi connectivity index (χ1v) is 5.52. The van der Waals surface area contributed by atoms with Crippen LogP contribution in [0.4, 0.5) is 4.39 Å². The number of carbonyl (C=O) groups is 1. The monoisotopic (exact) mass is 258 g/mol. The Labute approximate surface area is 106 Å². The van der Waals surface area contributed by atoms with Gasteiger partial charge in [-0.3, -0.25) is 4.79 Å². The van der Waals surface area contributed by atoms with Crippen LogP contribution >= 0.6 is 12.4 Å². The highest BCUT2D eigenvalue weighted by atomic mass is 35.5. The van der Waals surface area contributed by atoms with Gasteiger partial charge in [0.15, 0.2) is 0 Å². The lowest BCUT2D eigenvalue weighted by Gasteiger charge is -2.11. The summed E-state index contributed by atoms with van der Waals surface area (Å²) in [5.41, 5.74) is 0.522. The van der Waals surface area contributed by atoms with Crippen LogP contribution in [0.3, 0.4) is 0 Å². The number of amides is 1. The van der Waals surface area contributed by atoms with Crippen LogP contribution in [0.25, 0.3) is 0 Å². The number of hydrogen-bond acceptors (Lipinski definition) is 2. The van der Waals surface area contributed by atoms with Crippen LogP contribution < -0.4 is 10.6 Å². The lowest BCUT2D eigenvalue weighted by Crippen LogP contribution is -2.40. The molecule has 1 saturated heterocycles. The van der Waals surface area contributed by atoms with E-state index in [1.807, 2.05) is 0 Å². The lowest BCUT2D eigenvalue weighted by molar-refractivity contribution is -0.122. The molecule has 1 aliphatic rings. The number of carbonyl (C=O) groups excluding carboxylic acids is 1. The van der Waals surface area contributed by atoms with Gasteiger partial charge in [0.05, 0.1) is 6.04 Å². The maximum atomic E-state index is 13.3. The quantitative estimate of drug-likeness (QED) is 0.865. The summed E-state index contributed by atoms with van der Waals surface area (Å²) in [6, 6.07) is 6.37. The van der Waals surface area contributed by atoms with Crippen molar-refractivity contribution < 1.29 is 9.18 Å². The predicted molar refractivity (Wildman–Crippen MR) is 66.5 cm³/mol. The second kappa shape index (κ2) is 6.57. The van der Waals surface area contributed by atoms with Gasteiger partial charge in [-0.2, -0.15) is 0 Å². The highest BCUT2D eigenvalue weighted by molar-refractivity contribution is 5.85. The Kier molecular flexibility index (Phi) is 5.38. The summed E-state index contributed by atoms with van der Waals surface area (Å²) in [5.74, 6) is -0.317. The highest BCUT2D eigenvalue weighted by Crippen LogP contribution is 2.07. The van der Waals surface area contributed by atoms with Crippen molar-refractivity contribution in [2.45, 2.75) is 25.4 Å². The minimum absolute atomic E-state index is 0. The van der Waals surface area contributed by atoms with Crippen LogP contribution in [-0.2, 0) is 11.3 Å². The number of benzene rings is 1. The third kappa shape index (κ3) is 3.68. The second-order valence-electron chi connectivity index (χ2n) is 3.96. The first-order chi connectivity index (χ1) is 7.77. The van der Waals surface area contributed by atoms with Crippen molar-refractivity contribution in [2.75, 3.05) is 6.54 Å². The SMILES string of the molecule is Cl.O=C(NCc1ccccc1F)[C@@H]1CCCN1. The van der Waals surface area contributed by atoms with Gasteiger partial charge in [0.1, 0.15) is 5.82 Å². The van der Waals surface area contributed by atoms with E-state index in [4.69, 9.17) is 0 Å². The molecule has 1 atom stereocenters. The van der Waals surface area contributed by atoms with Crippen molar-refractivity contribution in [1.29, 1.82) is 0 Å². The molecule has 1 amide bonds. The van der Waals surface area contributed by atoms with E-state index in [9.17, 15) is 9.18 Å². The largest absolute Gasteiger partial charge is 0.351 e. The van der Waals surface area contributed by atoms with E-state index in [0.717, 1.165) is 19.4 Å². The van der Waals surface area contributed by atoms with Crippen LogP contribution in [0.2, 0.25) is 0 Å². The van der Waals surface area contributed by atoms with Gasteiger partial charge in [0.25, 0.3) is 0 Å². The molecule has 2 rings (SSSR count). The summed E-state index contributed by atoms with van der Waals surface area (Å²) < 4.78 is 13.3. The maximum Gasteiger partial charge on any atom is 0.237 e. The molecule has 2 N–H and O–H groups in total. The molecule has 1 aliphatic heterocycles. The first kappa shape index (κ1) is 13.9. The van der Waals surface area contributed by atoms with Gasteiger partial charge in [-0.15, -0.1) is 12.4 Å². The fraction of sp³-hybridized carbons (Fsp3) is 0.417. The van der Waals surface area contributed by atoms with E-state index < -0.39 is 0 Å². The summed E-state index contributed by atoms with van der Waals surface area (Å²) in [4.78, 5) is 11.6. The Hall–Kier alpha value is -1.13. The standard InChI is InChI=1S/C12H15FN2O.ClH/c13-10-5-2-1-4-9(10)8-15-12(16)11-6-3-7-14-11;/h1-2,4-5,11,14H,3,6-8H2,(H,15,16);1H/t11-;/m0./s1. The van der Waals surface area contributed by atoms with Crippen LogP contribution in [0.15, 0.2) is 24.3 Å². The van der Waals surface area contributed by atoms with Crippen LogP contribution in [-0.4, -0.2) is 18.5 Å². The Morgan fingerprint density at radius 3 is 2.88 bits per heavy atom. The van der Waals surface area contributed by atoms with Crippen molar-refractivity contribution in [1.82, 2.24) is 10.6 Å². The molecular formula is C12H16ClFN2O. The normalized spacial score (nSPS) is 18.5. The number of hydrogen-bond donors (Lipinski definition) is 2. The molecule has 1 aromatic carbocycles. The third-order valence-corrected chi connectivity index (χ3v) is 2.79. The Balaban J connectivity index is 0.00000144. The average molecular weight is 259 g/mol. The zero-order chi connectivity index (χ0) is 11.4. The lowest BCUT2D eigenvalue weighted by atomic mass is 10.2. The maximum absolute atomic E-state index is 13.3. The van der Waals surface area contributed by atoms with E-state index in [0.29, 0.717) is 5.56 Å². The summed E-state index contributed by atoms with van der Waals surface area (Å²) in [6.45, 7) is 1.14. The molecule has 94 valence electrons. The Bertz CT molecular complexity index is 381. The summed E-state index contributed by atoms with van der Waals surface area (Å²) in [5, 5.41) is 5.84. The molecule has 5 heteroatoms. The highest BCUT2D eigenvalue weighted by Gasteiger charge is 2.21. The van der Waals surface area contributed by atoms with Gasteiger partial charge in [0.2, 0.25) is 5.91 Å². The van der Waals surface area contributed by atoms with Crippen molar-refractivity contribution >= 4 is 18.3 Å². The van der Waals surface area contributed by atoms with E-state index >= 15 is 0 Å². The number of halogens is 2. The summed E-state index contributed by atoms with van der Waals surface area (Å²) in [6.07, 6.45) is 1.89. The summed E-state index contributed by atoms with van der Waals surface area (Å²) in [7, 11) is 0.